The van der Waals surface area contributed by atoms with Gasteiger partial charge in [-0.05, 0) is 12.1 Å². The van der Waals surface area contributed by atoms with Crippen LogP contribution in [0.4, 0.5) is 5.95 Å². The average molecular weight is 261 g/mol. The number of benzene rings is 1. The summed E-state index contributed by atoms with van der Waals surface area (Å²) in [6.07, 6.45) is 0. The van der Waals surface area contributed by atoms with Crippen molar-refractivity contribution in [2.45, 2.75) is 0 Å². The third-order valence-corrected chi connectivity index (χ3v) is 2.40. The molecule has 2 N–H and O–H groups in total. The number of hydrogen-bond acceptors (Lipinski definition) is 6. The second-order valence-corrected chi connectivity index (χ2v) is 3.82. The predicted octanol–water partition coefficient (Wildman–Crippen LogP) is 0.199. The van der Waals surface area contributed by atoms with E-state index < -0.39 is 0 Å². The van der Waals surface area contributed by atoms with Crippen molar-refractivity contribution in [3.63, 3.8) is 0 Å². The minimum Gasteiger partial charge on any atom is -0.383 e. The predicted molar refractivity (Wildman–Crippen MR) is 70.7 cm³/mol. The Morgan fingerprint density at radius 1 is 1.26 bits per heavy atom. The van der Waals surface area contributed by atoms with E-state index in [1.54, 1.807) is 7.11 Å². The van der Waals surface area contributed by atoms with Crippen molar-refractivity contribution in [1.82, 2.24) is 20.5 Å². The number of carbonyl (C=O) groups is 1. The van der Waals surface area contributed by atoms with Crippen LogP contribution in [0.1, 0.15) is 0 Å². The lowest BCUT2D eigenvalue weighted by molar-refractivity contribution is -0.119. The maximum Gasteiger partial charge on any atom is 0.243 e. The first-order chi connectivity index (χ1) is 9.29. The largest absolute Gasteiger partial charge is 0.383 e. The Morgan fingerprint density at radius 3 is 2.84 bits per heavy atom. The van der Waals surface area contributed by atoms with E-state index in [0.29, 0.717) is 19.1 Å². The Morgan fingerprint density at radius 2 is 2.05 bits per heavy atom. The van der Waals surface area contributed by atoms with Crippen molar-refractivity contribution >= 4 is 22.9 Å². The fraction of sp³-hybridized carbons (Fsp3) is 0.333. The van der Waals surface area contributed by atoms with Gasteiger partial charge in [0.2, 0.25) is 11.9 Å². The quantitative estimate of drug-likeness (QED) is 0.722. The molecule has 7 nitrogen and oxygen atoms in total. The van der Waals surface area contributed by atoms with E-state index in [1.165, 1.54) is 0 Å². The van der Waals surface area contributed by atoms with Crippen LogP contribution in [0.25, 0.3) is 11.0 Å². The summed E-state index contributed by atoms with van der Waals surface area (Å²) in [6.45, 7) is 1.07. The Bertz CT molecular complexity index is 561. The molecule has 0 saturated heterocycles. The molecular formula is C12H15N5O2. The van der Waals surface area contributed by atoms with Crippen LogP contribution in [0.5, 0.6) is 0 Å². The Hall–Kier alpha value is -2.28. The van der Waals surface area contributed by atoms with Crippen LogP contribution in [0.15, 0.2) is 24.3 Å². The van der Waals surface area contributed by atoms with Crippen molar-refractivity contribution in [1.29, 1.82) is 0 Å². The minimum atomic E-state index is -0.145. The number of rotatable bonds is 6. The number of amides is 1. The topological polar surface area (TPSA) is 89.0 Å². The number of anilines is 1. The number of carbonyl (C=O) groups excluding carboxylic acids is 1. The van der Waals surface area contributed by atoms with Gasteiger partial charge in [-0.1, -0.05) is 12.1 Å². The van der Waals surface area contributed by atoms with Gasteiger partial charge in [-0.25, -0.2) is 4.98 Å². The Labute approximate surface area is 110 Å². The van der Waals surface area contributed by atoms with E-state index >= 15 is 0 Å². The lowest BCUT2D eigenvalue weighted by atomic mass is 10.3. The molecule has 0 aliphatic heterocycles. The molecule has 100 valence electrons. The number of nitrogens with zero attached hydrogens (tertiary/aromatic N) is 3. The molecular weight excluding hydrogens is 246 g/mol. The summed E-state index contributed by atoms with van der Waals surface area (Å²) < 4.78 is 4.83. The summed E-state index contributed by atoms with van der Waals surface area (Å²) in [5.74, 6) is 0.189. The molecule has 1 aromatic heterocycles. The number of aromatic nitrogens is 3. The van der Waals surface area contributed by atoms with Crippen molar-refractivity contribution in [2.75, 3.05) is 32.1 Å². The molecule has 2 aromatic rings. The van der Waals surface area contributed by atoms with Gasteiger partial charge in [-0.2, -0.15) is 0 Å². The smallest absolute Gasteiger partial charge is 0.243 e. The van der Waals surface area contributed by atoms with Crippen LogP contribution in [-0.2, 0) is 9.53 Å². The van der Waals surface area contributed by atoms with Gasteiger partial charge < -0.3 is 15.4 Å². The van der Waals surface area contributed by atoms with Crippen molar-refractivity contribution in [3.8, 4) is 0 Å². The van der Waals surface area contributed by atoms with E-state index in [4.69, 9.17) is 4.74 Å². The SMILES string of the molecule is COCCNC(=O)CNc1nnc2ccccc2n1. The molecule has 0 atom stereocenters. The molecule has 2 rings (SSSR count). The molecule has 0 saturated carbocycles. The number of methoxy groups -OCH3 is 1. The first-order valence-electron chi connectivity index (χ1n) is 5.88. The van der Waals surface area contributed by atoms with Gasteiger partial charge in [0.05, 0.1) is 18.7 Å². The lowest BCUT2D eigenvalue weighted by Gasteiger charge is -2.06. The van der Waals surface area contributed by atoms with Crippen molar-refractivity contribution in [3.05, 3.63) is 24.3 Å². The standard InChI is InChI=1S/C12H15N5O2/c1-19-7-6-13-11(18)8-14-12-15-9-4-2-3-5-10(9)16-17-12/h2-5H,6-8H2,1H3,(H,13,18)(H,14,15,17). The second kappa shape index (κ2) is 6.60. The van der Waals surface area contributed by atoms with Crippen LogP contribution in [0.3, 0.4) is 0 Å². The normalized spacial score (nSPS) is 10.4. The third-order valence-electron chi connectivity index (χ3n) is 2.40. The number of para-hydroxylation sites is 1. The fourth-order valence-electron chi connectivity index (χ4n) is 1.47. The van der Waals surface area contributed by atoms with Crippen LogP contribution in [-0.4, -0.2) is 47.9 Å². The Kier molecular flexibility index (Phi) is 4.57. The molecule has 0 unspecified atom stereocenters. The number of fused-ring (bicyclic) bond motifs is 1. The molecule has 19 heavy (non-hydrogen) atoms. The zero-order chi connectivity index (χ0) is 13.5. The summed E-state index contributed by atoms with van der Waals surface area (Å²) in [7, 11) is 1.58. The third kappa shape index (κ3) is 3.85. The monoisotopic (exact) mass is 261 g/mol. The minimum absolute atomic E-state index is 0.101. The van der Waals surface area contributed by atoms with Gasteiger partial charge in [0, 0.05) is 13.7 Å². The molecule has 0 radical (unpaired) electrons. The first kappa shape index (κ1) is 13.2. The molecule has 7 heteroatoms. The van der Waals surface area contributed by atoms with Crippen molar-refractivity contribution < 1.29 is 9.53 Å². The number of nitrogens with one attached hydrogen (secondary N) is 2. The van der Waals surface area contributed by atoms with E-state index in [2.05, 4.69) is 25.8 Å². The summed E-state index contributed by atoms with van der Waals surface area (Å²) in [6, 6.07) is 7.41. The van der Waals surface area contributed by atoms with Crippen LogP contribution < -0.4 is 10.6 Å². The molecule has 1 aromatic carbocycles. The fourth-order valence-corrected chi connectivity index (χ4v) is 1.47. The van der Waals surface area contributed by atoms with Gasteiger partial charge in [0.1, 0.15) is 5.52 Å². The van der Waals surface area contributed by atoms with Crippen LogP contribution in [0, 0.1) is 0 Å². The number of ether oxygens (including phenoxy) is 1. The van der Waals surface area contributed by atoms with Gasteiger partial charge in [-0.3, -0.25) is 4.79 Å². The van der Waals surface area contributed by atoms with Gasteiger partial charge in [-0.15, -0.1) is 10.2 Å². The molecule has 0 fully saturated rings. The maximum absolute atomic E-state index is 11.4. The van der Waals surface area contributed by atoms with Crippen LogP contribution in [0.2, 0.25) is 0 Å². The molecule has 1 heterocycles. The van der Waals surface area contributed by atoms with E-state index in [9.17, 15) is 4.79 Å². The second-order valence-electron chi connectivity index (χ2n) is 3.82. The van der Waals surface area contributed by atoms with Gasteiger partial charge >= 0.3 is 0 Å². The highest BCUT2D eigenvalue weighted by Crippen LogP contribution is 2.08. The summed E-state index contributed by atoms with van der Waals surface area (Å²) in [4.78, 5) is 15.7. The zero-order valence-corrected chi connectivity index (χ0v) is 10.6. The summed E-state index contributed by atoms with van der Waals surface area (Å²) >= 11 is 0. The molecule has 0 aliphatic carbocycles. The summed E-state index contributed by atoms with van der Waals surface area (Å²) in [5, 5.41) is 13.4. The first-order valence-corrected chi connectivity index (χ1v) is 5.88. The zero-order valence-electron chi connectivity index (χ0n) is 10.6. The van der Waals surface area contributed by atoms with E-state index in [0.717, 1.165) is 11.0 Å². The van der Waals surface area contributed by atoms with E-state index in [-0.39, 0.29) is 12.5 Å². The molecule has 0 spiro atoms. The Balaban J connectivity index is 1.89. The highest BCUT2D eigenvalue weighted by atomic mass is 16.5. The lowest BCUT2D eigenvalue weighted by Crippen LogP contribution is -2.32. The molecule has 0 aliphatic rings. The summed E-state index contributed by atoms with van der Waals surface area (Å²) in [5.41, 5.74) is 1.46. The highest BCUT2D eigenvalue weighted by Gasteiger charge is 2.03. The average Bonchev–Trinajstić information content (AvgIpc) is 2.45. The highest BCUT2D eigenvalue weighted by molar-refractivity contribution is 5.80. The molecule has 1 amide bonds. The van der Waals surface area contributed by atoms with Gasteiger partial charge in [0.15, 0.2) is 0 Å². The maximum atomic E-state index is 11.4. The molecule has 0 bridgehead atoms. The van der Waals surface area contributed by atoms with Crippen molar-refractivity contribution in [2.24, 2.45) is 0 Å². The van der Waals surface area contributed by atoms with Crippen LogP contribution >= 0.6 is 0 Å². The van der Waals surface area contributed by atoms with Gasteiger partial charge in [0.25, 0.3) is 0 Å². The van der Waals surface area contributed by atoms with E-state index in [1.807, 2.05) is 24.3 Å². The number of hydrogen-bond donors (Lipinski definition) is 2.